The highest BCUT2D eigenvalue weighted by atomic mass is 16.6. The van der Waals surface area contributed by atoms with Crippen LogP contribution in [-0.2, 0) is 6.61 Å². The summed E-state index contributed by atoms with van der Waals surface area (Å²) in [6.45, 7) is -0.00623. The molecule has 0 atom stereocenters. The molecule has 8 nitrogen and oxygen atoms in total. The molecule has 2 rings (SSSR count). The van der Waals surface area contributed by atoms with Crippen LogP contribution in [0.1, 0.15) is 21.9 Å². The summed E-state index contributed by atoms with van der Waals surface area (Å²) in [7, 11) is 1.43. The van der Waals surface area contributed by atoms with E-state index in [2.05, 4.69) is 0 Å². The summed E-state index contributed by atoms with van der Waals surface area (Å²) in [6.07, 6.45) is 2.14. The highest BCUT2D eigenvalue weighted by Crippen LogP contribution is 2.29. The lowest BCUT2D eigenvalue weighted by molar-refractivity contribution is -0.400. The van der Waals surface area contributed by atoms with Crippen LogP contribution < -0.4 is 14.6 Å². The van der Waals surface area contributed by atoms with Crippen molar-refractivity contribution in [3.8, 4) is 11.5 Å². The Morgan fingerprint density at radius 3 is 2.70 bits per heavy atom. The standard InChI is InChI=1S/C15H13NO7/c1-21-14-8-10(6-7-16(19)20)2-4-12(14)22-9-11-3-5-13(23-11)15(17)18/h2-8H,9H2,1H3,(H,17,18)/p-1/b7-6+. The SMILES string of the molecule is COc1cc(/C=C/[N+](=O)[O-])ccc1OCc1ccc(C(=O)[O-])o1. The fourth-order valence-electron chi connectivity index (χ4n) is 1.77. The minimum Gasteiger partial charge on any atom is -0.542 e. The van der Waals surface area contributed by atoms with E-state index in [4.69, 9.17) is 13.9 Å². The van der Waals surface area contributed by atoms with Crippen LogP contribution >= 0.6 is 0 Å². The van der Waals surface area contributed by atoms with Gasteiger partial charge in [0.05, 0.1) is 12.0 Å². The van der Waals surface area contributed by atoms with Crippen LogP contribution in [0.25, 0.3) is 6.08 Å². The number of aromatic carboxylic acids is 1. The lowest BCUT2D eigenvalue weighted by Gasteiger charge is -2.10. The van der Waals surface area contributed by atoms with Crippen molar-refractivity contribution >= 4 is 12.0 Å². The minimum absolute atomic E-state index is 0.00623. The molecule has 0 saturated carbocycles. The zero-order valence-corrected chi connectivity index (χ0v) is 12.1. The number of rotatable bonds is 7. The number of furan rings is 1. The Labute approximate surface area is 130 Å². The predicted octanol–water partition coefficient (Wildman–Crippen LogP) is 1.48. The third kappa shape index (κ3) is 4.34. The number of carboxylic acid groups (broad SMARTS) is 1. The number of carbonyl (C=O) groups is 1. The van der Waals surface area contributed by atoms with Crippen LogP contribution in [-0.4, -0.2) is 18.0 Å². The molecular weight excluding hydrogens is 306 g/mol. The first-order chi connectivity index (χ1) is 11.0. The summed E-state index contributed by atoms with van der Waals surface area (Å²) in [5.74, 6) is -0.616. The van der Waals surface area contributed by atoms with Gasteiger partial charge in [0.15, 0.2) is 11.5 Å². The van der Waals surface area contributed by atoms with E-state index in [-0.39, 0.29) is 12.4 Å². The van der Waals surface area contributed by atoms with Crippen LogP contribution in [0, 0.1) is 10.1 Å². The molecule has 1 aromatic heterocycles. The van der Waals surface area contributed by atoms with Crippen LogP contribution in [0.2, 0.25) is 0 Å². The van der Waals surface area contributed by atoms with Crippen molar-refractivity contribution < 1.29 is 28.7 Å². The van der Waals surface area contributed by atoms with Crippen molar-refractivity contribution in [1.29, 1.82) is 0 Å². The first-order valence-corrected chi connectivity index (χ1v) is 6.42. The number of benzene rings is 1. The maximum atomic E-state index is 10.6. The zero-order chi connectivity index (χ0) is 16.8. The van der Waals surface area contributed by atoms with Crippen LogP contribution in [0.4, 0.5) is 0 Å². The number of hydrogen-bond acceptors (Lipinski definition) is 7. The topological polar surface area (TPSA) is 115 Å². The molecule has 0 N–H and O–H groups in total. The normalized spacial score (nSPS) is 10.7. The fourth-order valence-corrected chi connectivity index (χ4v) is 1.77. The highest BCUT2D eigenvalue weighted by molar-refractivity contribution is 5.82. The van der Waals surface area contributed by atoms with Crippen molar-refractivity contribution in [2.45, 2.75) is 6.61 Å². The second-order valence-electron chi connectivity index (χ2n) is 4.35. The molecule has 23 heavy (non-hydrogen) atoms. The summed E-state index contributed by atoms with van der Waals surface area (Å²) in [5.41, 5.74) is 0.572. The molecule has 0 spiro atoms. The van der Waals surface area contributed by atoms with Gasteiger partial charge in [-0.15, -0.1) is 0 Å². The van der Waals surface area contributed by atoms with Gasteiger partial charge in [-0.25, -0.2) is 0 Å². The minimum atomic E-state index is -1.41. The van der Waals surface area contributed by atoms with Gasteiger partial charge in [0.2, 0.25) is 6.20 Å². The second-order valence-corrected chi connectivity index (χ2v) is 4.35. The molecule has 120 valence electrons. The lowest BCUT2D eigenvalue weighted by Crippen LogP contribution is -2.21. The van der Waals surface area contributed by atoms with E-state index >= 15 is 0 Å². The zero-order valence-electron chi connectivity index (χ0n) is 12.1. The maximum absolute atomic E-state index is 10.6. The van der Waals surface area contributed by atoms with Gasteiger partial charge in [-0.05, 0) is 29.8 Å². The summed E-state index contributed by atoms with van der Waals surface area (Å²) in [6, 6.07) is 7.51. The molecule has 0 unspecified atom stereocenters. The van der Waals surface area contributed by atoms with E-state index in [0.717, 1.165) is 6.20 Å². The predicted molar refractivity (Wildman–Crippen MR) is 76.4 cm³/mol. The summed E-state index contributed by atoms with van der Waals surface area (Å²) >= 11 is 0. The molecular formula is C15H12NO7-. The van der Waals surface area contributed by atoms with Crippen molar-refractivity contribution in [3.63, 3.8) is 0 Å². The number of carbonyl (C=O) groups excluding carboxylic acids is 1. The third-order valence-electron chi connectivity index (χ3n) is 2.81. The Bertz CT molecular complexity index is 748. The van der Waals surface area contributed by atoms with Gasteiger partial charge in [0.25, 0.3) is 0 Å². The van der Waals surface area contributed by atoms with E-state index in [0.29, 0.717) is 22.8 Å². The van der Waals surface area contributed by atoms with Gasteiger partial charge in [-0.3, -0.25) is 10.1 Å². The largest absolute Gasteiger partial charge is 0.542 e. The molecule has 1 heterocycles. The van der Waals surface area contributed by atoms with Crippen molar-refractivity contribution in [2.24, 2.45) is 0 Å². The van der Waals surface area contributed by atoms with E-state index in [1.807, 2.05) is 0 Å². The van der Waals surface area contributed by atoms with E-state index in [9.17, 15) is 20.0 Å². The van der Waals surface area contributed by atoms with Gasteiger partial charge < -0.3 is 23.8 Å². The van der Waals surface area contributed by atoms with E-state index in [1.165, 1.54) is 25.3 Å². The summed E-state index contributed by atoms with van der Waals surface area (Å²) < 4.78 is 15.7. The molecule has 0 bridgehead atoms. The molecule has 0 amide bonds. The Morgan fingerprint density at radius 1 is 1.30 bits per heavy atom. The average molecular weight is 318 g/mol. The molecule has 1 aromatic carbocycles. The van der Waals surface area contributed by atoms with Gasteiger partial charge in [-0.2, -0.15) is 0 Å². The summed E-state index contributed by atoms with van der Waals surface area (Å²) in [5, 5.41) is 20.9. The molecule has 2 aromatic rings. The molecule has 0 aliphatic heterocycles. The Balaban J connectivity index is 2.09. The highest BCUT2D eigenvalue weighted by Gasteiger charge is 2.08. The number of ether oxygens (including phenoxy) is 2. The monoisotopic (exact) mass is 318 g/mol. The number of nitro groups is 1. The number of nitrogens with zero attached hydrogens (tertiary/aromatic N) is 1. The first-order valence-electron chi connectivity index (χ1n) is 6.42. The molecule has 0 fully saturated rings. The smallest absolute Gasteiger partial charge is 0.235 e. The van der Waals surface area contributed by atoms with Gasteiger partial charge >= 0.3 is 0 Å². The van der Waals surface area contributed by atoms with Crippen molar-refractivity contribution in [3.05, 3.63) is 63.7 Å². The molecule has 0 saturated heterocycles. The average Bonchev–Trinajstić information content (AvgIpc) is 3.00. The lowest BCUT2D eigenvalue weighted by atomic mass is 10.2. The van der Waals surface area contributed by atoms with Gasteiger partial charge in [0, 0.05) is 6.08 Å². The fraction of sp³-hybridized carbons (Fsp3) is 0.133. The Morgan fingerprint density at radius 2 is 2.09 bits per heavy atom. The molecule has 0 aliphatic rings. The van der Waals surface area contributed by atoms with Gasteiger partial charge in [-0.1, -0.05) is 6.07 Å². The molecule has 0 aliphatic carbocycles. The summed E-state index contributed by atoms with van der Waals surface area (Å²) in [4.78, 5) is 20.4. The van der Waals surface area contributed by atoms with E-state index < -0.39 is 10.9 Å². The van der Waals surface area contributed by atoms with Crippen molar-refractivity contribution in [2.75, 3.05) is 7.11 Å². The quantitative estimate of drug-likeness (QED) is 0.561. The molecule has 8 heteroatoms. The van der Waals surface area contributed by atoms with Crippen LogP contribution in [0.3, 0.4) is 0 Å². The molecule has 0 radical (unpaired) electrons. The number of hydrogen-bond donors (Lipinski definition) is 0. The van der Waals surface area contributed by atoms with Crippen molar-refractivity contribution in [1.82, 2.24) is 0 Å². The van der Waals surface area contributed by atoms with Crippen LogP contribution in [0.15, 0.2) is 40.9 Å². The van der Waals surface area contributed by atoms with E-state index in [1.54, 1.807) is 18.2 Å². The Hall–Kier alpha value is -3.29. The Kier molecular flexibility index (Phi) is 4.98. The number of carboxylic acids is 1. The maximum Gasteiger partial charge on any atom is 0.235 e. The third-order valence-corrected chi connectivity index (χ3v) is 2.81. The number of methoxy groups -OCH3 is 1. The first kappa shape index (κ1) is 16.1. The van der Waals surface area contributed by atoms with Gasteiger partial charge in [0.1, 0.15) is 24.1 Å². The van der Waals surface area contributed by atoms with Crippen LogP contribution in [0.5, 0.6) is 11.5 Å². The second kappa shape index (κ2) is 7.12.